The SMILES string of the molecule is CC(=O)OC1=C2C3C(C)C(C)CCC3(C)CCC2(C)C2(C)CCC3C(C)(C)C(OC(C)=O)CCC3(C)C2C1. The first kappa shape index (κ1) is 28.2. The Morgan fingerprint density at radius 1 is 0.789 bits per heavy atom. The molecule has 38 heavy (non-hydrogen) atoms. The maximum Gasteiger partial charge on any atom is 0.307 e. The largest absolute Gasteiger partial charge is 0.462 e. The summed E-state index contributed by atoms with van der Waals surface area (Å²) >= 11 is 0. The van der Waals surface area contributed by atoms with Gasteiger partial charge in [-0.05, 0) is 108 Å². The quantitative estimate of drug-likeness (QED) is 0.339. The van der Waals surface area contributed by atoms with Crippen LogP contribution in [-0.4, -0.2) is 18.0 Å². The third-order valence-electron chi connectivity index (χ3n) is 14.0. The summed E-state index contributed by atoms with van der Waals surface area (Å²) in [6.07, 6.45) is 10.2. The van der Waals surface area contributed by atoms with Gasteiger partial charge in [0.15, 0.2) is 0 Å². The van der Waals surface area contributed by atoms with Gasteiger partial charge in [0.1, 0.15) is 11.9 Å². The average molecular weight is 527 g/mol. The first-order valence-electron chi connectivity index (χ1n) is 15.6. The molecule has 10 unspecified atom stereocenters. The number of ether oxygens (including phenoxy) is 2. The summed E-state index contributed by atoms with van der Waals surface area (Å²) in [5.74, 6) is 3.38. The summed E-state index contributed by atoms with van der Waals surface area (Å²) in [4.78, 5) is 24.6. The monoisotopic (exact) mass is 526 g/mol. The van der Waals surface area contributed by atoms with Crippen LogP contribution in [0.4, 0.5) is 0 Å². The van der Waals surface area contributed by atoms with Crippen LogP contribution >= 0.6 is 0 Å². The Labute approximate surface area is 232 Å². The van der Waals surface area contributed by atoms with Crippen LogP contribution < -0.4 is 0 Å². The van der Waals surface area contributed by atoms with E-state index in [9.17, 15) is 9.59 Å². The van der Waals surface area contributed by atoms with Gasteiger partial charge >= 0.3 is 11.9 Å². The van der Waals surface area contributed by atoms with E-state index >= 15 is 0 Å². The fourth-order valence-corrected chi connectivity index (χ4v) is 11.5. The van der Waals surface area contributed by atoms with Gasteiger partial charge in [-0.2, -0.15) is 0 Å². The molecule has 0 radical (unpaired) electrons. The molecule has 0 aliphatic heterocycles. The summed E-state index contributed by atoms with van der Waals surface area (Å²) in [6.45, 7) is 22.9. The maximum atomic E-state index is 12.6. The summed E-state index contributed by atoms with van der Waals surface area (Å²) in [5.41, 5.74) is 2.03. The Morgan fingerprint density at radius 2 is 1.47 bits per heavy atom. The molecule has 0 N–H and O–H groups in total. The first-order chi connectivity index (χ1) is 17.5. The molecule has 0 saturated heterocycles. The van der Waals surface area contributed by atoms with E-state index in [1.807, 2.05) is 0 Å². The van der Waals surface area contributed by atoms with Crippen molar-refractivity contribution in [3.63, 3.8) is 0 Å². The van der Waals surface area contributed by atoms with Crippen LogP contribution in [0.1, 0.15) is 127 Å². The molecule has 0 aromatic heterocycles. The summed E-state index contributed by atoms with van der Waals surface area (Å²) in [7, 11) is 0. The molecule has 214 valence electrons. The van der Waals surface area contributed by atoms with Gasteiger partial charge in [0.05, 0.1) is 0 Å². The van der Waals surface area contributed by atoms with Crippen molar-refractivity contribution in [1.82, 2.24) is 0 Å². The lowest BCUT2D eigenvalue weighted by Gasteiger charge is -2.71. The standard InChI is InChI=1S/C34H54O4/c1-20-11-14-31(7)17-18-34(10)29(28(31)21(20)2)24(37-22(3)35)19-26-32(8)15-13-27(38-23(4)36)30(5,6)25(32)12-16-33(26,34)9/h20-21,25-28H,11-19H2,1-10H3. The van der Waals surface area contributed by atoms with Crippen LogP contribution in [-0.2, 0) is 19.1 Å². The zero-order valence-electron chi connectivity index (χ0n) is 26.0. The minimum atomic E-state index is -0.168. The van der Waals surface area contributed by atoms with E-state index in [4.69, 9.17) is 9.47 Å². The fraction of sp³-hybridized carbons (Fsp3) is 0.882. The number of hydrogen-bond acceptors (Lipinski definition) is 4. The second-order valence-corrected chi connectivity index (χ2v) is 16.0. The molecule has 5 aliphatic carbocycles. The number of carbonyl (C=O) groups excluding carboxylic acids is 2. The van der Waals surface area contributed by atoms with Crippen LogP contribution in [0.2, 0.25) is 0 Å². The topological polar surface area (TPSA) is 52.6 Å². The second kappa shape index (κ2) is 8.84. The van der Waals surface area contributed by atoms with Gasteiger partial charge in [0.25, 0.3) is 0 Å². The van der Waals surface area contributed by atoms with E-state index in [2.05, 4.69) is 55.4 Å². The van der Waals surface area contributed by atoms with Crippen LogP contribution in [0.5, 0.6) is 0 Å². The molecule has 4 saturated carbocycles. The van der Waals surface area contributed by atoms with Gasteiger partial charge in [-0.25, -0.2) is 0 Å². The molecule has 0 aromatic carbocycles. The molecular formula is C34H54O4. The molecule has 0 heterocycles. The van der Waals surface area contributed by atoms with Crippen LogP contribution in [0.3, 0.4) is 0 Å². The van der Waals surface area contributed by atoms with Gasteiger partial charge in [-0.1, -0.05) is 55.4 Å². The van der Waals surface area contributed by atoms with E-state index in [0.29, 0.717) is 35.0 Å². The van der Waals surface area contributed by atoms with Gasteiger partial charge in [-0.3, -0.25) is 9.59 Å². The maximum absolute atomic E-state index is 12.6. The van der Waals surface area contributed by atoms with Crippen molar-refractivity contribution in [3.05, 3.63) is 11.3 Å². The van der Waals surface area contributed by atoms with Crippen molar-refractivity contribution in [2.75, 3.05) is 0 Å². The highest BCUT2D eigenvalue weighted by Crippen LogP contribution is 2.76. The highest BCUT2D eigenvalue weighted by atomic mass is 16.5. The number of hydrogen-bond donors (Lipinski definition) is 0. The molecule has 10 atom stereocenters. The van der Waals surface area contributed by atoms with E-state index in [-0.39, 0.29) is 39.7 Å². The first-order valence-corrected chi connectivity index (χ1v) is 15.6. The van der Waals surface area contributed by atoms with Gasteiger partial charge in [0.2, 0.25) is 0 Å². The zero-order valence-corrected chi connectivity index (χ0v) is 26.0. The summed E-state index contributed by atoms with van der Waals surface area (Å²) < 4.78 is 12.2. The predicted molar refractivity (Wildman–Crippen MR) is 151 cm³/mol. The Hall–Kier alpha value is -1.32. The van der Waals surface area contributed by atoms with E-state index < -0.39 is 0 Å². The van der Waals surface area contributed by atoms with Crippen LogP contribution in [0.25, 0.3) is 0 Å². The lowest BCUT2D eigenvalue weighted by Crippen LogP contribution is -2.65. The van der Waals surface area contributed by atoms with Gasteiger partial charge in [-0.15, -0.1) is 0 Å². The fourth-order valence-electron chi connectivity index (χ4n) is 11.5. The van der Waals surface area contributed by atoms with Crippen molar-refractivity contribution in [2.24, 2.45) is 56.7 Å². The van der Waals surface area contributed by atoms with E-state index in [1.165, 1.54) is 44.1 Å². The van der Waals surface area contributed by atoms with Gasteiger partial charge < -0.3 is 9.47 Å². The average Bonchev–Trinajstić information content (AvgIpc) is 2.80. The molecule has 0 bridgehead atoms. The molecule has 0 spiro atoms. The van der Waals surface area contributed by atoms with Crippen molar-refractivity contribution < 1.29 is 19.1 Å². The number of fused-ring (bicyclic) bond motifs is 7. The van der Waals surface area contributed by atoms with Crippen molar-refractivity contribution in [3.8, 4) is 0 Å². The number of allylic oxidation sites excluding steroid dienone is 2. The Balaban J connectivity index is 1.64. The van der Waals surface area contributed by atoms with E-state index in [0.717, 1.165) is 25.0 Å². The molecule has 0 amide bonds. The van der Waals surface area contributed by atoms with Crippen LogP contribution in [0.15, 0.2) is 11.3 Å². The second-order valence-electron chi connectivity index (χ2n) is 16.0. The highest BCUT2D eigenvalue weighted by molar-refractivity contribution is 5.68. The minimum Gasteiger partial charge on any atom is -0.462 e. The molecule has 4 fully saturated rings. The Bertz CT molecular complexity index is 1040. The predicted octanol–water partition coefficient (Wildman–Crippen LogP) is 8.49. The molecule has 4 heteroatoms. The molecule has 5 rings (SSSR count). The highest BCUT2D eigenvalue weighted by Gasteiger charge is 2.70. The molecule has 4 nitrogen and oxygen atoms in total. The lowest BCUT2D eigenvalue weighted by atomic mass is 9.33. The molecular weight excluding hydrogens is 472 g/mol. The number of esters is 2. The minimum absolute atomic E-state index is 0.0272. The third-order valence-corrected chi connectivity index (χ3v) is 14.0. The van der Waals surface area contributed by atoms with Gasteiger partial charge in [0, 0.05) is 25.7 Å². The third kappa shape index (κ3) is 3.73. The van der Waals surface area contributed by atoms with Crippen molar-refractivity contribution in [1.29, 1.82) is 0 Å². The smallest absolute Gasteiger partial charge is 0.307 e. The summed E-state index contributed by atoms with van der Waals surface area (Å²) in [6, 6.07) is 0. The number of rotatable bonds is 2. The molecule has 5 aliphatic rings. The zero-order chi connectivity index (χ0) is 28.1. The number of carbonyl (C=O) groups is 2. The lowest BCUT2D eigenvalue weighted by molar-refractivity contribution is -0.216. The van der Waals surface area contributed by atoms with E-state index in [1.54, 1.807) is 13.8 Å². The molecule has 0 aromatic rings. The van der Waals surface area contributed by atoms with Crippen LogP contribution in [0, 0.1) is 56.7 Å². The Morgan fingerprint density at radius 3 is 2.11 bits per heavy atom. The van der Waals surface area contributed by atoms with Crippen molar-refractivity contribution in [2.45, 2.75) is 133 Å². The summed E-state index contributed by atoms with van der Waals surface area (Å²) in [5, 5.41) is 0. The normalized spacial score (nSPS) is 49.6. The Kier molecular flexibility index (Phi) is 6.56. The van der Waals surface area contributed by atoms with Crippen molar-refractivity contribution >= 4 is 11.9 Å².